The molecule has 1 radical (unpaired) electrons. The van der Waals surface area contributed by atoms with E-state index in [1.807, 2.05) is 80.5 Å². The molecule has 1 aromatic carbocycles. The van der Waals surface area contributed by atoms with Gasteiger partial charge in [-0.2, -0.15) is 5.70 Å². The number of aromatic nitrogens is 2. The zero-order valence-corrected chi connectivity index (χ0v) is 57.8. The molecule has 6 aliphatic rings. The number of nitrogens with two attached hydrogens (primary N) is 6. The van der Waals surface area contributed by atoms with Crippen LogP contribution in [0.4, 0.5) is 0 Å². The van der Waals surface area contributed by atoms with Crippen LogP contribution in [0.1, 0.15) is 157 Å². The molecule has 11 unspecified atom stereocenters. The summed E-state index contributed by atoms with van der Waals surface area (Å²) < 4.78 is 31.9. The number of aliphatic hydroxyl groups is 2. The number of allylic oxidation sites excluding steroid dienone is 6. The zero-order valence-electron chi connectivity index (χ0n) is 55.9. The molecule has 0 spiro atoms. The number of hydrogen-bond donors (Lipinski definition) is 10. The molecule has 523 valence electrons. The molecular formula is C64H92CoN13O16P. The molecule has 16 N–H and O–H groups in total. The summed E-state index contributed by atoms with van der Waals surface area (Å²) in [6.07, 6.45) is -4.79. The number of aryl methyl sites for hydroxylation is 2. The smallest absolute Gasteiger partial charge is 0.756 e. The van der Waals surface area contributed by atoms with E-state index in [1.165, 1.54) is 17.8 Å². The van der Waals surface area contributed by atoms with Gasteiger partial charge in [0.25, 0.3) is 13.8 Å². The molecular weight excluding hydrogens is 1300 g/mol. The van der Waals surface area contributed by atoms with Crippen LogP contribution < -0.4 is 44.6 Å². The quantitative estimate of drug-likeness (QED) is 0.0603. The number of imidazole rings is 1. The number of carbonyl (C=O) groups excluding carboxylic acids is 7. The zero-order chi connectivity index (χ0) is 70.3. The Bertz CT molecular complexity index is 3650. The molecule has 2 fully saturated rings. The molecule has 0 saturated carbocycles. The van der Waals surface area contributed by atoms with Crippen molar-refractivity contribution >= 4 is 83.3 Å². The Hall–Kier alpha value is -7.02. The van der Waals surface area contributed by atoms with E-state index in [4.69, 9.17) is 78.4 Å². The van der Waals surface area contributed by atoms with E-state index >= 15 is 0 Å². The van der Waals surface area contributed by atoms with Gasteiger partial charge in [-0.1, -0.05) is 40.7 Å². The number of nitrogens with one attached hydrogen (secondary N) is 1. The number of carbonyl (C=O) groups is 8. The molecule has 0 aliphatic carbocycles. The van der Waals surface area contributed by atoms with Crippen LogP contribution in [0.25, 0.3) is 16.4 Å². The van der Waals surface area contributed by atoms with Gasteiger partial charge in [0.2, 0.25) is 41.4 Å². The van der Waals surface area contributed by atoms with Crippen molar-refractivity contribution in [1.29, 1.82) is 0 Å². The Labute approximate surface area is 562 Å². The third-order valence-corrected chi connectivity index (χ3v) is 21.6. The predicted molar refractivity (Wildman–Crippen MR) is 345 cm³/mol. The Balaban J connectivity index is 0.00000278. The number of carboxylic acids is 1. The van der Waals surface area contributed by atoms with Gasteiger partial charge in [-0.05, 0) is 119 Å². The van der Waals surface area contributed by atoms with Gasteiger partial charge >= 0.3 is 16.8 Å². The fraction of sp³-hybridized carbons (Fsp3) is 0.625. The van der Waals surface area contributed by atoms with Crippen molar-refractivity contribution in [2.24, 2.45) is 94.7 Å². The van der Waals surface area contributed by atoms with Crippen LogP contribution in [0.5, 0.6) is 0 Å². The first-order chi connectivity index (χ1) is 43.6. The van der Waals surface area contributed by atoms with Crippen LogP contribution in [0, 0.1) is 59.2 Å². The van der Waals surface area contributed by atoms with Gasteiger partial charge in [-0.25, -0.2) is 4.98 Å². The predicted octanol–water partition coefficient (Wildman–Crippen LogP) is 3.40. The fourth-order valence-corrected chi connectivity index (χ4v) is 16.4. The maximum atomic E-state index is 14.4. The van der Waals surface area contributed by atoms with Crippen molar-refractivity contribution in [3.05, 3.63) is 69.2 Å². The molecule has 8 bridgehead atoms. The number of ether oxygens (including phenoxy) is 1. The molecule has 7 amide bonds. The SMILES string of the molecule is C/C1=C2/N=C(C=C3N=C(/C(C)=C4\[N-]C(C(CC(N)=O)C4(C)CCC(=O)NCC(C)OP(=O)([O-])O[C@H]4[C@@H](O)[C@@H](n5cnc6cc(C)c(C)cc65)O[C@@H]4CO)C4(C)N=C1C(CCC(N)=O)C4(C)CC(N)=O)C(CCC(N)=O)C3(C)C)C(CCC(N)=O)C2(C)CC(N)=O.CC(=O)O.[Co+2]. The van der Waals surface area contributed by atoms with Gasteiger partial charge in [0, 0.05) is 115 Å². The van der Waals surface area contributed by atoms with Crippen molar-refractivity contribution in [2.45, 2.75) is 196 Å². The van der Waals surface area contributed by atoms with Crippen molar-refractivity contribution in [3.63, 3.8) is 0 Å². The van der Waals surface area contributed by atoms with E-state index in [-0.39, 0.29) is 94.0 Å². The summed E-state index contributed by atoms with van der Waals surface area (Å²) in [5, 5.41) is 37.5. The number of aliphatic hydroxyl groups excluding tert-OH is 2. The molecule has 95 heavy (non-hydrogen) atoms. The van der Waals surface area contributed by atoms with Crippen molar-refractivity contribution in [1.82, 2.24) is 14.9 Å². The van der Waals surface area contributed by atoms with Crippen LogP contribution in [0.15, 0.2) is 67.8 Å². The number of aliphatic imine (C=N–C) groups is 3. The normalized spacial score (nSPS) is 32.1. The summed E-state index contributed by atoms with van der Waals surface area (Å²) in [5.41, 5.74) is 36.7. The van der Waals surface area contributed by atoms with Crippen molar-refractivity contribution < 1.29 is 93.7 Å². The molecule has 2 aromatic rings. The molecule has 31 heteroatoms. The first-order valence-corrected chi connectivity index (χ1v) is 32.9. The summed E-state index contributed by atoms with van der Waals surface area (Å²) in [4.78, 5) is 137. The maximum absolute atomic E-state index is 14.4. The standard InChI is InChI=1S/C62H90N13O14P.C2H4O2.Co/c1-29-20-39-40(21-30(29)2)75(28-70-39)57-52(84)53(41(27-76)87-57)89-90(85,86)88-31(3)26-69-49(83)18-19-59(8)37(22-46(66)80)56-62(11)61(10,25-48(68)82)36(14-17-45(65)79)51(74-62)33(5)55-60(9,24-47(67)81)34(12-15-43(63)77)38(71-55)23-42-58(6,7)35(13-16-44(64)78)50(72-42)32(4)54(59)73-56;1-2(3)4;/h20-21,23,28,31,34-37,41,52-53,56-57,76,84H,12-19,22,24-27H2,1-11H3,(H15,63,64,65,66,67,68,69,71,72,73,74,77,78,79,80,81,82,83,85,86);1H3,(H,3,4);/q;;+2/p-2/t31?,34?,35?,36?,37?,41-,52-,53-,56?,57+,59?,60?,61?,62?;;/m1../s1. The molecule has 8 rings (SSSR count). The van der Waals surface area contributed by atoms with Crippen LogP contribution in [-0.2, 0) is 73.5 Å². The van der Waals surface area contributed by atoms with Crippen molar-refractivity contribution in [3.8, 4) is 0 Å². The first-order valence-electron chi connectivity index (χ1n) is 31.4. The minimum atomic E-state index is -5.32. The van der Waals surface area contributed by atoms with Gasteiger partial charge in [0.05, 0.1) is 41.3 Å². The number of primary amides is 6. The fourth-order valence-electron chi connectivity index (χ4n) is 15.3. The number of rotatable bonds is 26. The number of fused-ring (bicyclic) bond motifs is 7. The monoisotopic (exact) mass is 1390 g/mol. The third-order valence-electron chi connectivity index (χ3n) is 20.5. The number of amides is 7. The largest absolute Gasteiger partial charge is 2.00 e. The number of benzene rings is 1. The summed E-state index contributed by atoms with van der Waals surface area (Å²) in [5.74, 6) is -8.24. The average molecular weight is 1390 g/mol. The van der Waals surface area contributed by atoms with E-state index in [9.17, 15) is 53.2 Å². The molecule has 15 atom stereocenters. The number of hydrogen-bond acceptors (Lipinski definition) is 19. The molecule has 29 nitrogen and oxygen atoms in total. The number of phosphoric ester groups is 1. The van der Waals surface area contributed by atoms with Gasteiger partial charge in [0.1, 0.15) is 18.3 Å². The maximum Gasteiger partial charge on any atom is 2.00 e. The van der Waals surface area contributed by atoms with Crippen LogP contribution >= 0.6 is 7.82 Å². The Morgan fingerprint density at radius 3 is 1.92 bits per heavy atom. The van der Waals surface area contributed by atoms with Crippen LogP contribution in [0.2, 0.25) is 0 Å². The van der Waals surface area contributed by atoms with E-state index in [0.29, 0.717) is 56.4 Å². The Morgan fingerprint density at radius 2 is 1.36 bits per heavy atom. The van der Waals surface area contributed by atoms with Gasteiger partial charge < -0.3 is 83.6 Å². The minimum absolute atomic E-state index is 0. The van der Waals surface area contributed by atoms with E-state index in [1.54, 1.807) is 6.92 Å². The van der Waals surface area contributed by atoms with Gasteiger partial charge in [-0.15, -0.1) is 0 Å². The average Bonchev–Trinajstić information content (AvgIpc) is 1.53. The first kappa shape index (κ1) is 77.0. The van der Waals surface area contributed by atoms with Crippen LogP contribution in [-0.4, -0.2) is 138 Å². The topological polar surface area (TPSA) is 502 Å². The second-order valence-electron chi connectivity index (χ2n) is 27.5. The third kappa shape index (κ3) is 15.7. The molecule has 1 aromatic heterocycles. The van der Waals surface area contributed by atoms with E-state index < -0.39 is 149 Å². The second kappa shape index (κ2) is 29.4. The minimum Gasteiger partial charge on any atom is -0.756 e. The van der Waals surface area contributed by atoms with Gasteiger partial charge in [-0.3, -0.25) is 57.9 Å². The number of nitrogens with zero attached hydrogens (tertiary/aromatic N) is 6. The van der Waals surface area contributed by atoms with E-state index in [0.717, 1.165) is 18.1 Å². The second-order valence-corrected chi connectivity index (χ2v) is 28.8. The molecule has 6 aliphatic heterocycles. The summed E-state index contributed by atoms with van der Waals surface area (Å²) >= 11 is 0. The van der Waals surface area contributed by atoms with Crippen molar-refractivity contribution in [2.75, 3.05) is 13.2 Å². The van der Waals surface area contributed by atoms with Crippen LogP contribution in [0.3, 0.4) is 0 Å². The summed E-state index contributed by atoms with van der Waals surface area (Å²) in [6.45, 7) is 20.0. The Kier molecular flexibility index (Phi) is 23.8. The van der Waals surface area contributed by atoms with Gasteiger partial charge in [0.15, 0.2) is 6.23 Å². The van der Waals surface area contributed by atoms with E-state index in [2.05, 4.69) is 10.3 Å². The number of carboxylic acid groups (broad SMARTS) is 1. The summed E-state index contributed by atoms with van der Waals surface area (Å²) in [6, 6.07) is 2.65. The molecule has 2 saturated heterocycles. The number of phosphoric acid groups is 1. The Morgan fingerprint density at radius 1 is 0.789 bits per heavy atom. The number of aliphatic carboxylic acids is 1. The summed E-state index contributed by atoms with van der Waals surface area (Å²) in [7, 11) is -5.32. The molecule has 7 heterocycles.